The summed E-state index contributed by atoms with van der Waals surface area (Å²) in [5, 5.41) is 22.6. The maximum Gasteiger partial charge on any atom is 0.237 e. The summed E-state index contributed by atoms with van der Waals surface area (Å²) in [4.78, 5) is 12.3. The Morgan fingerprint density at radius 2 is 1.96 bits per heavy atom. The van der Waals surface area contributed by atoms with Crippen molar-refractivity contribution < 1.29 is 18.7 Å². The van der Waals surface area contributed by atoms with Crippen molar-refractivity contribution in [3.63, 3.8) is 0 Å². The van der Waals surface area contributed by atoms with Crippen molar-refractivity contribution in [3.8, 4) is 11.4 Å². The summed E-state index contributed by atoms with van der Waals surface area (Å²) in [5.74, 6) is -1.81. The number of carbonyl (C=O) groups is 1. The number of aromatic hydroxyl groups is 1. The van der Waals surface area contributed by atoms with Crippen molar-refractivity contribution >= 4 is 23.4 Å². The predicted molar refractivity (Wildman–Crippen MR) is 91.1 cm³/mol. The second kappa shape index (κ2) is 7.48. The highest BCUT2D eigenvalue weighted by molar-refractivity contribution is 8.00. The molecule has 134 valence electrons. The number of hydrogen-bond acceptors (Lipinski definition) is 6. The van der Waals surface area contributed by atoms with Crippen molar-refractivity contribution in [2.45, 2.75) is 17.3 Å². The highest BCUT2D eigenvalue weighted by atomic mass is 32.2. The normalized spacial score (nSPS) is 12.0. The van der Waals surface area contributed by atoms with E-state index >= 15 is 0 Å². The number of nitrogens with one attached hydrogen (secondary N) is 1. The molecule has 0 aliphatic carbocycles. The Hall–Kier alpha value is -3.01. The molecule has 1 aromatic heterocycles. The van der Waals surface area contributed by atoms with Crippen LogP contribution in [0.1, 0.15) is 6.92 Å². The number of halogens is 2. The van der Waals surface area contributed by atoms with Crippen LogP contribution in [0, 0.1) is 11.6 Å². The van der Waals surface area contributed by atoms with Crippen LogP contribution >= 0.6 is 11.8 Å². The minimum Gasteiger partial charge on any atom is -0.508 e. The number of anilines is 1. The second-order valence-electron chi connectivity index (χ2n) is 5.26. The molecule has 0 saturated carbocycles. The fourth-order valence-electron chi connectivity index (χ4n) is 2.05. The van der Waals surface area contributed by atoms with Crippen LogP contribution in [0.2, 0.25) is 0 Å². The minimum absolute atomic E-state index is 0.0980. The summed E-state index contributed by atoms with van der Waals surface area (Å²) >= 11 is 1.05. The summed E-state index contributed by atoms with van der Waals surface area (Å²) in [6.07, 6.45) is 0. The Morgan fingerprint density at radius 1 is 1.23 bits per heavy atom. The molecule has 0 bridgehead atoms. The average Bonchev–Trinajstić information content (AvgIpc) is 3.07. The van der Waals surface area contributed by atoms with Crippen LogP contribution in [-0.2, 0) is 4.79 Å². The van der Waals surface area contributed by atoms with Crippen LogP contribution in [0.3, 0.4) is 0 Å². The number of nitrogens with zero attached hydrogens (tertiary/aromatic N) is 4. The van der Waals surface area contributed by atoms with Gasteiger partial charge in [-0.05, 0) is 53.7 Å². The number of hydrogen-bond donors (Lipinski definition) is 2. The Kier molecular flexibility index (Phi) is 5.12. The summed E-state index contributed by atoms with van der Waals surface area (Å²) in [7, 11) is 0. The fraction of sp³-hybridized carbons (Fsp3) is 0.125. The minimum atomic E-state index is -0.731. The van der Waals surface area contributed by atoms with Crippen LogP contribution in [-0.4, -0.2) is 36.5 Å². The third-order valence-corrected chi connectivity index (χ3v) is 4.41. The zero-order valence-electron chi connectivity index (χ0n) is 13.4. The van der Waals surface area contributed by atoms with E-state index in [-0.39, 0.29) is 11.4 Å². The number of benzene rings is 2. The zero-order valence-corrected chi connectivity index (χ0v) is 14.2. The molecule has 3 aromatic rings. The number of thioether (sulfide) groups is 1. The third-order valence-electron chi connectivity index (χ3n) is 3.37. The molecule has 2 N–H and O–H groups in total. The van der Waals surface area contributed by atoms with Crippen LogP contribution < -0.4 is 5.32 Å². The topological polar surface area (TPSA) is 92.9 Å². The number of tetrazole rings is 1. The third kappa shape index (κ3) is 3.97. The van der Waals surface area contributed by atoms with Gasteiger partial charge in [0.2, 0.25) is 11.1 Å². The second-order valence-corrected chi connectivity index (χ2v) is 6.57. The molecule has 1 heterocycles. The highest BCUT2D eigenvalue weighted by Crippen LogP contribution is 2.25. The van der Waals surface area contributed by atoms with E-state index in [1.54, 1.807) is 19.1 Å². The Morgan fingerprint density at radius 3 is 2.69 bits per heavy atom. The molecule has 7 nitrogen and oxygen atoms in total. The predicted octanol–water partition coefficient (Wildman–Crippen LogP) is 2.77. The SMILES string of the molecule is CC(Sc1nnnn1-c1ccc(O)cc1)C(=O)Nc1cc(F)ccc1F. The summed E-state index contributed by atoms with van der Waals surface area (Å²) < 4.78 is 28.2. The van der Waals surface area contributed by atoms with Gasteiger partial charge in [-0.3, -0.25) is 4.79 Å². The summed E-state index contributed by atoms with van der Waals surface area (Å²) in [6, 6.07) is 9.00. The van der Waals surface area contributed by atoms with E-state index in [4.69, 9.17) is 0 Å². The van der Waals surface area contributed by atoms with Gasteiger partial charge < -0.3 is 10.4 Å². The van der Waals surface area contributed by atoms with Crippen LogP contribution in [0.4, 0.5) is 14.5 Å². The lowest BCUT2D eigenvalue weighted by Crippen LogP contribution is -2.23. The van der Waals surface area contributed by atoms with Gasteiger partial charge in [0, 0.05) is 6.07 Å². The van der Waals surface area contributed by atoms with Crippen LogP contribution in [0.15, 0.2) is 47.6 Å². The van der Waals surface area contributed by atoms with Gasteiger partial charge in [0.1, 0.15) is 17.4 Å². The first-order valence-electron chi connectivity index (χ1n) is 7.44. The maximum atomic E-state index is 13.6. The number of phenols is 1. The first kappa shape index (κ1) is 17.8. The first-order valence-corrected chi connectivity index (χ1v) is 8.32. The molecule has 1 amide bonds. The molecule has 2 aromatic carbocycles. The van der Waals surface area contributed by atoms with Gasteiger partial charge in [0.05, 0.1) is 16.6 Å². The summed E-state index contributed by atoms with van der Waals surface area (Å²) in [5.41, 5.74) is 0.361. The Bertz CT molecular complexity index is 933. The largest absolute Gasteiger partial charge is 0.508 e. The van der Waals surface area contributed by atoms with Crippen molar-refractivity contribution in [2.75, 3.05) is 5.32 Å². The van der Waals surface area contributed by atoms with Gasteiger partial charge in [-0.2, -0.15) is 4.68 Å². The Labute approximate surface area is 151 Å². The average molecular weight is 377 g/mol. The first-order chi connectivity index (χ1) is 12.4. The van der Waals surface area contributed by atoms with Gasteiger partial charge in [0.15, 0.2) is 0 Å². The monoisotopic (exact) mass is 377 g/mol. The Balaban J connectivity index is 1.73. The number of carbonyl (C=O) groups excluding carboxylic acids is 1. The lowest BCUT2D eigenvalue weighted by atomic mass is 10.3. The molecule has 0 fully saturated rings. The molecule has 1 unspecified atom stereocenters. The van der Waals surface area contributed by atoms with Gasteiger partial charge in [-0.1, -0.05) is 11.8 Å². The van der Waals surface area contributed by atoms with E-state index in [9.17, 15) is 18.7 Å². The van der Waals surface area contributed by atoms with Crippen molar-refractivity contribution in [1.29, 1.82) is 0 Å². The zero-order chi connectivity index (χ0) is 18.7. The van der Waals surface area contributed by atoms with E-state index in [2.05, 4.69) is 20.8 Å². The fourth-order valence-corrected chi connectivity index (χ4v) is 2.86. The molecule has 1 atom stereocenters. The van der Waals surface area contributed by atoms with Crippen LogP contribution in [0.25, 0.3) is 5.69 Å². The number of rotatable bonds is 5. The standard InChI is InChI=1S/C16H13F2N5O2S/c1-9(15(25)19-14-8-10(17)2-7-13(14)18)26-16-20-21-22-23(16)11-3-5-12(24)6-4-11/h2-9,24H,1H3,(H,19,25). The molecule has 0 aliphatic rings. The highest BCUT2D eigenvalue weighted by Gasteiger charge is 2.20. The van der Waals surface area contributed by atoms with Crippen molar-refractivity contribution in [1.82, 2.24) is 20.2 Å². The molecule has 0 spiro atoms. The molecule has 26 heavy (non-hydrogen) atoms. The van der Waals surface area contributed by atoms with Crippen molar-refractivity contribution in [2.24, 2.45) is 0 Å². The van der Waals surface area contributed by atoms with Gasteiger partial charge in [0.25, 0.3) is 0 Å². The van der Waals surface area contributed by atoms with E-state index in [1.165, 1.54) is 16.8 Å². The lowest BCUT2D eigenvalue weighted by Gasteiger charge is -2.12. The van der Waals surface area contributed by atoms with E-state index in [0.29, 0.717) is 10.8 Å². The quantitative estimate of drug-likeness (QED) is 0.664. The van der Waals surface area contributed by atoms with E-state index in [1.807, 2.05) is 0 Å². The molecular weight excluding hydrogens is 364 g/mol. The molecule has 0 aliphatic heterocycles. The molecule has 0 radical (unpaired) electrons. The summed E-state index contributed by atoms with van der Waals surface area (Å²) in [6.45, 7) is 1.59. The number of phenolic OH excluding ortho intramolecular Hbond substituents is 1. The maximum absolute atomic E-state index is 13.6. The molecule has 0 saturated heterocycles. The van der Waals surface area contributed by atoms with Crippen LogP contribution in [0.5, 0.6) is 5.75 Å². The molecule has 10 heteroatoms. The van der Waals surface area contributed by atoms with Crippen molar-refractivity contribution in [3.05, 3.63) is 54.1 Å². The number of aromatic nitrogens is 4. The van der Waals surface area contributed by atoms with Gasteiger partial charge >= 0.3 is 0 Å². The lowest BCUT2D eigenvalue weighted by molar-refractivity contribution is -0.115. The molecular formula is C16H13F2N5O2S. The molecule has 3 rings (SSSR count). The van der Waals surface area contributed by atoms with Gasteiger partial charge in [-0.25, -0.2) is 8.78 Å². The smallest absolute Gasteiger partial charge is 0.237 e. The van der Waals surface area contributed by atoms with E-state index in [0.717, 1.165) is 30.0 Å². The number of amides is 1. The van der Waals surface area contributed by atoms with Gasteiger partial charge in [-0.15, -0.1) is 5.10 Å². The van der Waals surface area contributed by atoms with E-state index < -0.39 is 22.8 Å².